The van der Waals surface area contributed by atoms with Crippen molar-refractivity contribution in [1.29, 1.82) is 0 Å². The molecule has 572 valence electrons. The number of aryl methyl sites for hydroxylation is 8. The molecule has 0 fully saturated rings. The molecular weight excluding hydrogens is 1390 g/mol. The smallest absolute Gasteiger partial charge is 0.416 e. The summed E-state index contributed by atoms with van der Waals surface area (Å²) in [6.07, 6.45) is -3.20. The van der Waals surface area contributed by atoms with Gasteiger partial charge in [-0.3, -0.25) is 24.0 Å². The van der Waals surface area contributed by atoms with Crippen molar-refractivity contribution in [2.75, 3.05) is 54.5 Å². The minimum absolute atomic E-state index is 0. The Bertz CT molecular complexity index is 4040. The lowest BCUT2D eigenvalue weighted by Crippen LogP contribution is -2.41. The summed E-state index contributed by atoms with van der Waals surface area (Å²) in [5, 5.41) is 12.1. The Hall–Kier alpha value is -7.46. The van der Waals surface area contributed by atoms with Gasteiger partial charge in [0.05, 0.1) is 43.2 Å². The molecule has 4 N–H and O–H groups in total. The molecule has 0 aliphatic heterocycles. The molecule has 103 heavy (non-hydrogen) atoms. The standard InChI is InChI=1S/C38H48F5N3O4.C21H22F5NO2.C17H28N2O3.2H2S/c1-10-50-32(48)19-29(34-35(39)24(6)17-27(36(34)40)33-22(4)13-14-28(25(33)7)38(41,42)43)44-37(49)30(16-21(2)3)46-20-26(12-11-15-45(8)9)23(5)18-31(46)47;1-5-29-16(28)9-15(27)18-19(22)11(3)8-13(20(18)23)17-10(2)6-7-14(12(17)4)21(24,25)26;1-12(2)9-15(17(21)22)19-11-14(7-6-8-18(4)5)13(3)10-16(19)20;;/h13-14,17-18,20-21,29-30H,10-12,15-16,19H2,1-9H3,(H,44,49);6-8,15H,5,9,27H2,1-4H3;10-12,15H,6-9H2,1-5H3,(H,21,22);2*1H2/t29-,30?;15-;;;/m00.../s1. The van der Waals surface area contributed by atoms with E-state index in [0.29, 0.717) is 24.0 Å². The number of pyridine rings is 2. The lowest BCUT2D eigenvalue weighted by Gasteiger charge is -2.27. The van der Waals surface area contributed by atoms with Gasteiger partial charge in [-0.2, -0.15) is 53.3 Å². The van der Waals surface area contributed by atoms with Gasteiger partial charge in [-0.05, 0) is 252 Å². The first-order valence-electron chi connectivity index (χ1n) is 33.5. The largest absolute Gasteiger partial charge is 0.480 e. The van der Waals surface area contributed by atoms with E-state index in [1.54, 1.807) is 39.2 Å². The summed E-state index contributed by atoms with van der Waals surface area (Å²) in [6, 6.07) is 4.70. The van der Waals surface area contributed by atoms with Crippen LogP contribution in [0.1, 0.15) is 182 Å². The van der Waals surface area contributed by atoms with Crippen LogP contribution in [0.25, 0.3) is 22.3 Å². The molecule has 0 saturated heterocycles. The third kappa shape index (κ3) is 24.8. The van der Waals surface area contributed by atoms with Gasteiger partial charge in [-0.15, -0.1) is 0 Å². The van der Waals surface area contributed by atoms with Gasteiger partial charge in [-0.25, -0.2) is 22.4 Å². The number of hydrogen-bond acceptors (Lipinski definition) is 11. The van der Waals surface area contributed by atoms with Gasteiger partial charge in [0.1, 0.15) is 35.4 Å². The van der Waals surface area contributed by atoms with E-state index in [1.165, 1.54) is 62.0 Å². The van der Waals surface area contributed by atoms with E-state index < -0.39 is 124 Å². The van der Waals surface area contributed by atoms with Crippen LogP contribution in [0.4, 0.5) is 43.9 Å². The van der Waals surface area contributed by atoms with Crippen LogP contribution in [0.5, 0.6) is 0 Å². The van der Waals surface area contributed by atoms with Crippen molar-refractivity contribution < 1.29 is 77.7 Å². The highest BCUT2D eigenvalue weighted by molar-refractivity contribution is 7.59. The lowest BCUT2D eigenvalue weighted by molar-refractivity contribution is -0.144. The number of rotatable bonds is 27. The fraction of sp³-hybridized carbons (Fsp3) is 0.500. The summed E-state index contributed by atoms with van der Waals surface area (Å²) in [5.74, 6) is -7.48. The summed E-state index contributed by atoms with van der Waals surface area (Å²) >= 11 is 0. The molecular formula is C76H102F10N6O9S2. The van der Waals surface area contributed by atoms with Crippen molar-refractivity contribution in [3.8, 4) is 22.3 Å². The average molecular weight is 1500 g/mol. The van der Waals surface area contributed by atoms with Crippen LogP contribution >= 0.6 is 27.0 Å². The third-order valence-electron chi connectivity index (χ3n) is 17.3. The molecule has 2 heterocycles. The highest BCUT2D eigenvalue weighted by Gasteiger charge is 2.38. The zero-order chi connectivity index (χ0) is 76.6. The van der Waals surface area contributed by atoms with Crippen LogP contribution in [0.3, 0.4) is 0 Å². The molecule has 2 aromatic heterocycles. The van der Waals surface area contributed by atoms with Crippen molar-refractivity contribution in [2.24, 2.45) is 17.6 Å². The van der Waals surface area contributed by atoms with Crippen LogP contribution in [0, 0.1) is 90.5 Å². The summed E-state index contributed by atoms with van der Waals surface area (Å²) < 4.78 is 157. The van der Waals surface area contributed by atoms with E-state index >= 15 is 13.2 Å². The molecule has 1 amide bonds. The van der Waals surface area contributed by atoms with Crippen molar-refractivity contribution in [3.63, 3.8) is 0 Å². The number of amides is 1. The number of carbonyl (C=O) groups is 4. The Labute approximate surface area is 611 Å². The number of nitrogens with zero attached hydrogens (tertiary/aromatic N) is 4. The van der Waals surface area contributed by atoms with E-state index in [-0.39, 0.29) is 109 Å². The normalized spacial score (nSPS) is 12.7. The Morgan fingerprint density at radius 3 is 1.28 bits per heavy atom. The van der Waals surface area contributed by atoms with Gasteiger partial charge in [0.25, 0.3) is 11.1 Å². The molecule has 0 spiro atoms. The van der Waals surface area contributed by atoms with Crippen LogP contribution in [0.2, 0.25) is 0 Å². The summed E-state index contributed by atoms with van der Waals surface area (Å²) in [6.45, 7) is 24.5. The molecule has 15 nitrogen and oxygen atoms in total. The molecule has 0 aliphatic carbocycles. The fourth-order valence-corrected chi connectivity index (χ4v) is 12.2. The Morgan fingerprint density at radius 1 is 0.544 bits per heavy atom. The second-order valence-corrected chi connectivity index (χ2v) is 27.0. The minimum Gasteiger partial charge on any atom is -0.480 e. The number of benzene rings is 4. The Morgan fingerprint density at radius 2 is 0.913 bits per heavy atom. The zero-order valence-corrected chi connectivity index (χ0v) is 64.1. The molecule has 0 aliphatic rings. The molecule has 4 atom stereocenters. The number of carboxylic acid groups (broad SMARTS) is 1. The first-order chi connectivity index (χ1) is 46.9. The number of aliphatic carboxylic acids is 1. The van der Waals surface area contributed by atoms with E-state index in [4.69, 9.17) is 15.2 Å². The molecule has 0 saturated carbocycles. The zero-order valence-electron chi connectivity index (χ0n) is 62.1. The minimum atomic E-state index is -4.73. The maximum absolute atomic E-state index is 16.7. The number of nitrogens with one attached hydrogen (secondary N) is 1. The number of esters is 2. The summed E-state index contributed by atoms with van der Waals surface area (Å²) in [4.78, 5) is 79.9. The van der Waals surface area contributed by atoms with E-state index in [2.05, 4.69) is 10.2 Å². The van der Waals surface area contributed by atoms with Gasteiger partial charge < -0.3 is 44.6 Å². The van der Waals surface area contributed by atoms with Crippen LogP contribution < -0.4 is 22.2 Å². The maximum atomic E-state index is 16.7. The molecule has 6 rings (SSSR count). The molecule has 2 unspecified atom stereocenters. The summed E-state index contributed by atoms with van der Waals surface area (Å²) in [7, 11) is 7.95. The molecule has 0 radical (unpaired) electrons. The van der Waals surface area contributed by atoms with E-state index in [1.807, 2.05) is 74.6 Å². The number of aromatic nitrogens is 2. The first kappa shape index (κ1) is 91.6. The second kappa shape index (κ2) is 40.1. The van der Waals surface area contributed by atoms with Crippen LogP contribution in [-0.2, 0) is 53.8 Å². The quantitative estimate of drug-likeness (QED) is 0.0327. The van der Waals surface area contributed by atoms with Crippen molar-refractivity contribution in [2.45, 2.75) is 185 Å². The monoisotopic (exact) mass is 1500 g/mol. The maximum Gasteiger partial charge on any atom is 0.416 e. The third-order valence-corrected chi connectivity index (χ3v) is 17.3. The van der Waals surface area contributed by atoms with Crippen molar-refractivity contribution in [1.82, 2.24) is 24.3 Å². The van der Waals surface area contributed by atoms with Gasteiger partial charge in [0, 0.05) is 52.8 Å². The van der Waals surface area contributed by atoms with Crippen molar-refractivity contribution in [3.05, 3.63) is 183 Å². The molecule has 0 bridgehead atoms. The number of nitrogens with two attached hydrogens (primary N) is 1. The number of alkyl halides is 6. The number of carboxylic acids is 1. The van der Waals surface area contributed by atoms with E-state index in [0.717, 1.165) is 78.9 Å². The molecule has 4 aromatic carbocycles. The topological polar surface area (TPSA) is 196 Å². The fourth-order valence-electron chi connectivity index (χ4n) is 12.2. The second-order valence-electron chi connectivity index (χ2n) is 27.0. The number of halogens is 10. The van der Waals surface area contributed by atoms with Crippen LogP contribution in [-0.4, -0.2) is 102 Å². The predicted octanol–water partition coefficient (Wildman–Crippen LogP) is 16.0. The number of hydrogen-bond donors (Lipinski definition) is 3. The number of ether oxygens (including phenoxy) is 2. The summed E-state index contributed by atoms with van der Waals surface area (Å²) in [5.41, 5.74) is 5.31. The van der Waals surface area contributed by atoms with Crippen LogP contribution in [0.15, 0.2) is 70.5 Å². The van der Waals surface area contributed by atoms with Gasteiger partial charge >= 0.3 is 30.3 Å². The molecule has 27 heteroatoms. The SMILES string of the molecule is CCOC(=O)C[C@H](N)c1c(F)c(C)cc(-c2c(C)ccc(C(F)(F)F)c2C)c1F.CCOC(=O)C[C@H](NC(=O)C(CC(C)C)n1cc(CCCN(C)C)c(C)cc1=O)c1c(F)c(C)cc(-c2c(C)ccc(C(F)(F)F)c2C)c1F.Cc1cc(=O)n(C(CC(C)C)C(=O)O)cc1CCCN(C)C.S.S. The van der Waals surface area contributed by atoms with Gasteiger partial charge in [-0.1, -0.05) is 39.8 Å². The molecule has 6 aromatic rings. The van der Waals surface area contributed by atoms with Crippen molar-refractivity contribution >= 4 is 50.8 Å². The van der Waals surface area contributed by atoms with Gasteiger partial charge in [0.2, 0.25) is 5.91 Å². The average Bonchev–Trinajstić information content (AvgIpc) is 0.764. The highest BCUT2D eigenvalue weighted by atomic mass is 32.1. The Balaban J connectivity index is 0.000000575. The highest BCUT2D eigenvalue weighted by Crippen LogP contribution is 2.44. The van der Waals surface area contributed by atoms with E-state index in [9.17, 15) is 64.6 Å². The predicted molar refractivity (Wildman–Crippen MR) is 392 cm³/mol. The first-order valence-corrected chi connectivity index (χ1v) is 33.5. The number of carbonyl (C=O) groups excluding carboxylic acids is 3. The lowest BCUT2D eigenvalue weighted by atomic mass is 9.87. The van der Waals surface area contributed by atoms with Gasteiger partial charge in [0.15, 0.2) is 0 Å². The Kier molecular flexibility index (Phi) is 35.7.